The maximum Gasteiger partial charge on any atom is 0.243 e. The lowest BCUT2D eigenvalue weighted by Gasteiger charge is -2.18. The van der Waals surface area contributed by atoms with E-state index in [2.05, 4.69) is 10.6 Å². The first kappa shape index (κ1) is 19.3. The summed E-state index contributed by atoms with van der Waals surface area (Å²) in [7, 11) is 3.19. The smallest absolute Gasteiger partial charge is 0.243 e. The van der Waals surface area contributed by atoms with Gasteiger partial charge in [0.25, 0.3) is 0 Å². The standard InChI is InChI=1S/C20H25N3O3/c1-14-5-8-16(9-6-14)22-19(24)13-23(3)20(25)12-21-17-11-15(2)7-10-18(17)26-4/h5-11,21H,12-13H2,1-4H3,(H,22,24). The van der Waals surface area contributed by atoms with Gasteiger partial charge in [0.05, 0.1) is 25.9 Å². The molecule has 6 nitrogen and oxygen atoms in total. The van der Waals surface area contributed by atoms with Crippen LogP contribution >= 0.6 is 0 Å². The van der Waals surface area contributed by atoms with Crippen LogP contribution < -0.4 is 15.4 Å². The third-order valence-electron chi connectivity index (χ3n) is 3.93. The molecular formula is C20H25N3O3. The Morgan fingerprint density at radius 1 is 1.04 bits per heavy atom. The summed E-state index contributed by atoms with van der Waals surface area (Å²) in [4.78, 5) is 25.7. The molecule has 138 valence electrons. The Bertz CT molecular complexity index is 772. The summed E-state index contributed by atoms with van der Waals surface area (Å²) in [5.74, 6) is 0.244. The number of aryl methyl sites for hydroxylation is 2. The van der Waals surface area contributed by atoms with Crippen LogP contribution in [0.25, 0.3) is 0 Å². The first-order valence-corrected chi connectivity index (χ1v) is 8.38. The molecule has 6 heteroatoms. The van der Waals surface area contributed by atoms with E-state index in [9.17, 15) is 9.59 Å². The Morgan fingerprint density at radius 3 is 2.35 bits per heavy atom. The number of likely N-dealkylation sites (N-methyl/N-ethyl adjacent to an activating group) is 1. The maximum absolute atomic E-state index is 12.3. The molecule has 2 amide bonds. The molecule has 0 saturated carbocycles. The fourth-order valence-electron chi connectivity index (χ4n) is 2.41. The first-order valence-electron chi connectivity index (χ1n) is 8.38. The predicted molar refractivity (Wildman–Crippen MR) is 104 cm³/mol. The molecule has 0 saturated heterocycles. The molecule has 0 aliphatic heterocycles. The number of nitrogens with one attached hydrogen (secondary N) is 2. The Labute approximate surface area is 154 Å². The van der Waals surface area contributed by atoms with E-state index in [-0.39, 0.29) is 24.9 Å². The zero-order valence-electron chi connectivity index (χ0n) is 15.6. The third kappa shape index (κ3) is 5.51. The minimum Gasteiger partial charge on any atom is -0.495 e. The van der Waals surface area contributed by atoms with Crippen LogP contribution in [0.4, 0.5) is 11.4 Å². The van der Waals surface area contributed by atoms with Gasteiger partial charge in [0.15, 0.2) is 0 Å². The molecule has 0 spiro atoms. The van der Waals surface area contributed by atoms with Gasteiger partial charge in [0.2, 0.25) is 11.8 Å². The number of benzene rings is 2. The Morgan fingerprint density at radius 2 is 1.69 bits per heavy atom. The molecule has 0 heterocycles. The largest absolute Gasteiger partial charge is 0.495 e. The summed E-state index contributed by atoms with van der Waals surface area (Å²) in [5, 5.41) is 5.85. The van der Waals surface area contributed by atoms with Crippen molar-refractivity contribution in [2.75, 3.05) is 37.9 Å². The topological polar surface area (TPSA) is 70.7 Å². The highest BCUT2D eigenvalue weighted by Crippen LogP contribution is 2.24. The second-order valence-corrected chi connectivity index (χ2v) is 6.22. The highest BCUT2D eigenvalue weighted by atomic mass is 16.5. The van der Waals surface area contributed by atoms with E-state index in [1.165, 1.54) is 4.90 Å². The minimum absolute atomic E-state index is 0.0145. The number of carbonyl (C=O) groups is 2. The summed E-state index contributed by atoms with van der Waals surface area (Å²) >= 11 is 0. The van der Waals surface area contributed by atoms with Crippen molar-refractivity contribution in [1.29, 1.82) is 0 Å². The van der Waals surface area contributed by atoms with Gasteiger partial charge in [0.1, 0.15) is 5.75 Å². The van der Waals surface area contributed by atoms with Crippen molar-refractivity contribution < 1.29 is 14.3 Å². The van der Waals surface area contributed by atoms with Crippen LogP contribution in [0.3, 0.4) is 0 Å². The van der Waals surface area contributed by atoms with E-state index in [0.29, 0.717) is 11.4 Å². The molecule has 0 fully saturated rings. The van der Waals surface area contributed by atoms with Gasteiger partial charge in [-0.25, -0.2) is 0 Å². The molecule has 2 rings (SSSR count). The molecule has 0 bridgehead atoms. The SMILES string of the molecule is COc1ccc(C)cc1NCC(=O)N(C)CC(=O)Nc1ccc(C)cc1. The van der Waals surface area contributed by atoms with E-state index >= 15 is 0 Å². The zero-order chi connectivity index (χ0) is 19.1. The van der Waals surface area contributed by atoms with Gasteiger partial charge in [-0.3, -0.25) is 9.59 Å². The molecule has 0 atom stereocenters. The van der Waals surface area contributed by atoms with Crippen molar-refractivity contribution in [3.05, 3.63) is 53.6 Å². The van der Waals surface area contributed by atoms with E-state index in [1.807, 2.05) is 56.3 Å². The number of carbonyl (C=O) groups excluding carboxylic acids is 2. The number of rotatable bonds is 7. The summed E-state index contributed by atoms with van der Waals surface area (Å²) < 4.78 is 5.28. The van der Waals surface area contributed by atoms with Gasteiger partial charge in [0, 0.05) is 12.7 Å². The Balaban J connectivity index is 1.86. The van der Waals surface area contributed by atoms with Gasteiger partial charge < -0.3 is 20.3 Å². The molecular weight excluding hydrogens is 330 g/mol. The molecule has 0 radical (unpaired) electrons. The average molecular weight is 355 g/mol. The van der Waals surface area contributed by atoms with Crippen LogP contribution in [0.15, 0.2) is 42.5 Å². The Kier molecular flexibility index (Phi) is 6.60. The molecule has 2 aromatic rings. The van der Waals surface area contributed by atoms with E-state index in [4.69, 9.17) is 4.74 Å². The van der Waals surface area contributed by atoms with E-state index in [0.717, 1.165) is 16.8 Å². The Hall–Kier alpha value is -3.02. The number of hydrogen-bond donors (Lipinski definition) is 2. The van der Waals surface area contributed by atoms with Gasteiger partial charge in [-0.05, 0) is 43.7 Å². The van der Waals surface area contributed by atoms with Crippen LogP contribution in [-0.2, 0) is 9.59 Å². The van der Waals surface area contributed by atoms with Crippen molar-refractivity contribution in [2.45, 2.75) is 13.8 Å². The lowest BCUT2D eigenvalue weighted by molar-refractivity contribution is -0.131. The lowest BCUT2D eigenvalue weighted by atomic mass is 10.2. The number of hydrogen-bond acceptors (Lipinski definition) is 4. The van der Waals surface area contributed by atoms with Crippen molar-refractivity contribution in [3.63, 3.8) is 0 Å². The van der Waals surface area contributed by atoms with Gasteiger partial charge in [-0.15, -0.1) is 0 Å². The van der Waals surface area contributed by atoms with E-state index in [1.54, 1.807) is 14.2 Å². The lowest BCUT2D eigenvalue weighted by Crippen LogP contribution is -2.38. The number of anilines is 2. The molecule has 26 heavy (non-hydrogen) atoms. The van der Waals surface area contributed by atoms with Crippen molar-refractivity contribution in [2.24, 2.45) is 0 Å². The molecule has 0 unspecified atom stereocenters. The van der Waals surface area contributed by atoms with Crippen LogP contribution in [0.2, 0.25) is 0 Å². The van der Waals surface area contributed by atoms with Gasteiger partial charge in [-0.2, -0.15) is 0 Å². The maximum atomic E-state index is 12.3. The number of ether oxygens (including phenoxy) is 1. The zero-order valence-corrected chi connectivity index (χ0v) is 15.6. The minimum atomic E-state index is -0.238. The predicted octanol–water partition coefficient (Wildman–Crippen LogP) is 2.82. The second-order valence-electron chi connectivity index (χ2n) is 6.22. The van der Waals surface area contributed by atoms with Crippen molar-refractivity contribution in [3.8, 4) is 5.75 Å². The molecule has 0 aromatic heterocycles. The first-order chi connectivity index (χ1) is 12.4. The van der Waals surface area contributed by atoms with Crippen LogP contribution in [0.1, 0.15) is 11.1 Å². The fourth-order valence-corrected chi connectivity index (χ4v) is 2.41. The molecule has 2 N–H and O–H groups in total. The second kappa shape index (κ2) is 8.89. The average Bonchev–Trinajstić information content (AvgIpc) is 2.61. The normalized spacial score (nSPS) is 10.2. The van der Waals surface area contributed by atoms with Gasteiger partial charge in [-0.1, -0.05) is 23.8 Å². The summed E-state index contributed by atoms with van der Waals surface area (Å²) in [5.41, 5.74) is 3.64. The number of nitrogens with zero attached hydrogens (tertiary/aromatic N) is 1. The molecule has 2 aromatic carbocycles. The van der Waals surface area contributed by atoms with Crippen molar-refractivity contribution in [1.82, 2.24) is 4.90 Å². The fraction of sp³-hybridized carbons (Fsp3) is 0.300. The summed E-state index contributed by atoms with van der Waals surface area (Å²) in [6, 6.07) is 13.2. The summed E-state index contributed by atoms with van der Waals surface area (Å²) in [6.07, 6.45) is 0. The highest BCUT2D eigenvalue weighted by Gasteiger charge is 2.14. The van der Waals surface area contributed by atoms with E-state index < -0.39 is 0 Å². The summed E-state index contributed by atoms with van der Waals surface area (Å²) in [6.45, 7) is 4.01. The monoisotopic (exact) mass is 355 g/mol. The van der Waals surface area contributed by atoms with Crippen LogP contribution in [-0.4, -0.2) is 44.0 Å². The van der Waals surface area contributed by atoms with Crippen LogP contribution in [0.5, 0.6) is 5.75 Å². The number of amides is 2. The highest BCUT2D eigenvalue weighted by molar-refractivity contribution is 5.95. The van der Waals surface area contributed by atoms with Gasteiger partial charge >= 0.3 is 0 Å². The van der Waals surface area contributed by atoms with Crippen molar-refractivity contribution >= 4 is 23.2 Å². The third-order valence-corrected chi connectivity index (χ3v) is 3.93. The number of methoxy groups -OCH3 is 1. The molecule has 0 aliphatic carbocycles. The quantitative estimate of drug-likeness (QED) is 0.801. The van der Waals surface area contributed by atoms with Crippen LogP contribution in [0, 0.1) is 13.8 Å². The molecule has 0 aliphatic rings.